The number of hydrogen-bond acceptors (Lipinski definition) is 9. The molecule has 1 unspecified atom stereocenters. The molecule has 0 aliphatic heterocycles. The molecule has 35 heavy (non-hydrogen) atoms. The highest BCUT2D eigenvalue weighted by Gasteiger charge is 2.17. The van der Waals surface area contributed by atoms with Gasteiger partial charge in [-0.25, -0.2) is 14.5 Å². The van der Waals surface area contributed by atoms with Gasteiger partial charge in [0.05, 0.1) is 26.9 Å². The molecular weight excluding hydrogens is 450 g/mol. The Morgan fingerprint density at radius 3 is 2.66 bits per heavy atom. The Kier molecular flexibility index (Phi) is 7.06. The van der Waals surface area contributed by atoms with E-state index in [0.717, 1.165) is 11.1 Å². The number of aromatic nitrogens is 5. The second-order valence-electron chi connectivity index (χ2n) is 8.13. The summed E-state index contributed by atoms with van der Waals surface area (Å²) in [5, 5.41) is 19.8. The van der Waals surface area contributed by atoms with Gasteiger partial charge in [0.15, 0.2) is 11.4 Å². The largest absolute Gasteiger partial charge is 0.491 e. The highest BCUT2D eigenvalue weighted by molar-refractivity contribution is 5.92. The van der Waals surface area contributed by atoms with Crippen LogP contribution in [0.15, 0.2) is 48.8 Å². The molecule has 0 saturated heterocycles. The van der Waals surface area contributed by atoms with Gasteiger partial charge in [-0.1, -0.05) is 19.9 Å². The van der Waals surface area contributed by atoms with Crippen LogP contribution in [0.5, 0.6) is 11.6 Å². The number of methoxy groups -OCH3 is 2. The molecule has 0 aliphatic carbocycles. The normalized spacial score (nSPS) is 11.9. The zero-order valence-corrected chi connectivity index (χ0v) is 19.9. The van der Waals surface area contributed by atoms with Crippen LogP contribution in [-0.2, 0) is 0 Å². The Labute approximate surface area is 202 Å². The van der Waals surface area contributed by atoms with Crippen LogP contribution in [-0.4, -0.2) is 62.4 Å². The summed E-state index contributed by atoms with van der Waals surface area (Å²) < 4.78 is 12.2. The van der Waals surface area contributed by atoms with E-state index in [-0.39, 0.29) is 30.2 Å². The first-order valence-electron chi connectivity index (χ1n) is 11.0. The molecule has 0 bridgehead atoms. The molecule has 11 heteroatoms. The summed E-state index contributed by atoms with van der Waals surface area (Å²) in [5.41, 5.74) is 2.54. The zero-order valence-electron chi connectivity index (χ0n) is 19.9. The van der Waals surface area contributed by atoms with Crippen LogP contribution >= 0.6 is 0 Å². The number of aliphatic hydroxyl groups is 1. The number of carbonyl (C=O) groups is 1. The Hall–Kier alpha value is -4.25. The lowest BCUT2D eigenvalue weighted by molar-refractivity contribution is 0.0892. The molecule has 1 amide bonds. The van der Waals surface area contributed by atoms with Crippen molar-refractivity contribution in [1.29, 1.82) is 0 Å². The number of amides is 1. The monoisotopic (exact) mass is 477 g/mol. The van der Waals surface area contributed by atoms with E-state index in [0.29, 0.717) is 29.0 Å². The van der Waals surface area contributed by atoms with Crippen LogP contribution in [0.3, 0.4) is 0 Å². The van der Waals surface area contributed by atoms with Crippen LogP contribution in [0.1, 0.15) is 24.3 Å². The van der Waals surface area contributed by atoms with Gasteiger partial charge in [0, 0.05) is 23.5 Å². The van der Waals surface area contributed by atoms with Crippen LogP contribution in [0.25, 0.3) is 16.8 Å². The smallest absolute Gasteiger partial charge is 0.270 e. The molecule has 0 aromatic carbocycles. The third-order valence-electron chi connectivity index (χ3n) is 5.44. The number of aliphatic hydroxyl groups excluding tert-OH is 1. The Balaban J connectivity index is 1.54. The molecule has 0 aliphatic rings. The molecule has 182 valence electrons. The fourth-order valence-electron chi connectivity index (χ4n) is 3.41. The molecule has 4 aromatic rings. The van der Waals surface area contributed by atoms with Crippen molar-refractivity contribution in [2.75, 3.05) is 26.1 Å². The molecule has 3 N–H and O–H groups in total. The van der Waals surface area contributed by atoms with E-state index in [1.54, 1.807) is 36.0 Å². The first-order chi connectivity index (χ1) is 16.9. The molecule has 4 heterocycles. The standard InChI is InChI=1S/C24H27N7O4/c1-14(2)18(13-32)27-22(33)17-6-5-7-20(26-17)28-24-29-21-9-8-15(12-31(21)30-24)16-10-19(34-3)23(35-4)25-11-16/h5-12,14,18,32H,13H2,1-4H3,(H,27,33)(H,26,28,30). The molecule has 0 fully saturated rings. The molecule has 0 saturated carbocycles. The van der Waals surface area contributed by atoms with Gasteiger partial charge in [0.1, 0.15) is 11.5 Å². The molecule has 11 nitrogen and oxygen atoms in total. The van der Waals surface area contributed by atoms with Gasteiger partial charge in [-0.2, -0.15) is 4.98 Å². The van der Waals surface area contributed by atoms with E-state index in [4.69, 9.17) is 9.47 Å². The van der Waals surface area contributed by atoms with E-state index < -0.39 is 0 Å². The van der Waals surface area contributed by atoms with E-state index in [1.807, 2.05) is 38.2 Å². The van der Waals surface area contributed by atoms with E-state index in [2.05, 4.69) is 30.7 Å². The fourth-order valence-corrected chi connectivity index (χ4v) is 3.41. The molecule has 4 rings (SSSR count). The van der Waals surface area contributed by atoms with Gasteiger partial charge in [-0.15, -0.1) is 5.10 Å². The SMILES string of the molecule is COc1cc(-c2ccc3nc(Nc4cccc(C(=O)NC(CO)C(C)C)n4)nn3c2)cnc1OC. The van der Waals surface area contributed by atoms with Crippen molar-refractivity contribution in [3.05, 3.63) is 54.5 Å². The maximum atomic E-state index is 12.6. The Morgan fingerprint density at radius 2 is 1.94 bits per heavy atom. The number of anilines is 2. The average Bonchev–Trinajstić information content (AvgIpc) is 3.27. The van der Waals surface area contributed by atoms with Crippen LogP contribution in [0, 0.1) is 5.92 Å². The predicted octanol–water partition coefficient (Wildman–Crippen LogP) is 2.69. The lowest BCUT2D eigenvalue weighted by Gasteiger charge is -2.19. The average molecular weight is 478 g/mol. The zero-order chi connectivity index (χ0) is 24.9. The van der Waals surface area contributed by atoms with Crippen LogP contribution < -0.4 is 20.1 Å². The number of carbonyl (C=O) groups excluding carboxylic acids is 1. The Morgan fingerprint density at radius 1 is 1.11 bits per heavy atom. The van der Waals surface area contributed by atoms with E-state index in [9.17, 15) is 9.90 Å². The maximum absolute atomic E-state index is 12.6. The number of pyridine rings is 3. The van der Waals surface area contributed by atoms with Gasteiger partial charge in [0.2, 0.25) is 5.95 Å². The summed E-state index contributed by atoms with van der Waals surface area (Å²) in [6.45, 7) is 3.71. The minimum absolute atomic E-state index is 0.0899. The summed E-state index contributed by atoms with van der Waals surface area (Å²) >= 11 is 0. The van der Waals surface area contributed by atoms with E-state index in [1.165, 1.54) is 7.11 Å². The van der Waals surface area contributed by atoms with Crippen molar-refractivity contribution >= 4 is 23.3 Å². The van der Waals surface area contributed by atoms with E-state index >= 15 is 0 Å². The third-order valence-corrected chi connectivity index (χ3v) is 5.44. The van der Waals surface area contributed by atoms with Gasteiger partial charge in [-0.3, -0.25) is 4.79 Å². The van der Waals surface area contributed by atoms with Crippen molar-refractivity contribution in [2.45, 2.75) is 19.9 Å². The first-order valence-corrected chi connectivity index (χ1v) is 11.0. The molecular formula is C24H27N7O4. The lowest BCUT2D eigenvalue weighted by Crippen LogP contribution is -2.41. The minimum Gasteiger partial charge on any atom is -0.491 e. The molecule has 4 aromatic heterocycles. The highest BCUT2D eigenvalue weighted by atomic mass is 16.5. The number of hydrogen-bond donors (Lipinski definition) is 3. The van der Waals surface area contributed by atoms with Gasteiger partial charge in [0.25, 0.3) is 11.8 Å². The van der Waals surface area contributed by atoms with Crippen LogP contribution in [0.4, 0.5) is 11.8 Å². The van der Waals surface area contributed by atoms with Crippen molar-refractivity contribution in [3.8, 4) is 22.8 Å². The summed E-state index contributed by atoms with van der Waals surface area (Å²) in [6.07, 6.45) is 3.52. The van der Waals surface area contributed by atoms with Gasteiger partial charge in [-0.05, 0) is 36.2 Å². The summed E-state index contributed by atoms with van der Waals surface area (Å²) in [7, 11) is 3.10. The lowest BCUT2D eigenvalue weighted by atomic mass is 10.1. The van der Waals surface area contributed by atoms with Crippen molar-refractivity contribution in [1.82, 2.24) is 29.9 Å². The van der Waals surface area contributed by atoms with Gasteiger partial charge < -0.3 is 25.2 Å². The number of nitrogens with zero attached hydrogens (tertiary/aromatic N) is 5. The number of fused-ring (bicyclic) bond motifs is 1. The second-order valence-corrected chi connectivity index (χ2v) is 8.13. The number of nitrogens with one attached hydrogen (secondary N) is 2. The number of rotatable bonds is 9. The van der Waals surface area contributed by atoms with Crippen LogP contribution in [0.2, 0.25) is 0 Å². The first kappa shape index (κ1) is 23.9. The van der Waals surface area contributed by atoms with Gasteiger partial charge >= 0.3 is 0 Å². The quantitative estimate of drug-likeness (QED) is 0.332. The van der Waals surface area contributed by atoms with Crippen molar-refractivity contribution in [3.63, 3.8) is 0 Å². The molecule has 1 atom stereocenters. The molecule has 0 spiro atoms. The second kappa shape index (κ2) is 10.3. The summed E-state index contributed by atoms with van der Waals surface area (Å²) in [4.78, 5) is 25.7. The highest BCUT2D eigenvalue weighted by Crippen LogP contribution is 2.30. The van der Waals surface area contributed by atoms with Crippen molar-refractivity contribution < 1.29 is 19.4 Å². The maximum Gasteiger partial charge on any atom is 0.270 e. The Bertz CT molecular complexity index is 1340. The third kappa shape index (κ3) is 5.30. The topological polar surface area (TPSA) is 136 Å². The fraction of sp³-hybridized carbons (Fsp3) is 0.292. The number of ether oxygens (including phenoxy) is 2. The predicted molar refractivity (Wildman–Crippen MR) is 130 cm³/mol. The minimum atomic E-state index is -0.363. The summed E-state index contributed by atoms with van der Waals surface area (Å²) in [5.74, 6) is 1.41. The summed E-state index contributed by atoms with van der Waals surface area (Å²) in [6, 6.07) is 10.3. The van der Waals surface area contributed by atoms with Crippen molar-refractivity contribution in [2.24, 2.45) is 5.92 Å². The molecule has 0 radical (unpaired) electrons.